The normalized spacial score (nSPS) is 11.8. The minimum absolute atomic E-state index is 0.0414. The zero-order chi connectivity index (χ0) is 20.6. The first-order valence-electron chi connectivity index (χ1n) is 8.99. The number of oxazole rings is 1. The summed E-state index contributed by atoms with van der Waals surface area (Å²) in [4.78, 5) is 40.0. The molecule has 1 heterocycles. The van der Waals surface area contributed by atoms with Crippen LogP contribution in [0.5, 0.6) is 0 Å². The number of carbonyl (C=O) groups is 3. The minimum atomic E-state index is -0.669. The Balaban J connectivity index is 1.43. The Hall–Kier alpha value is -3.13. The number of esters is 1. The molecule has 0 saturated heterocycles. The SMILES string of the molecule is CC(=O)[C@@H](Cc1ccccc1)NC(=O)COC(=O)CSc1nc2ccccc2o1. The van der Waals surface area contributed by atoms with Crippen molar-refractivity contribution in [1.82, 2.24) is 10.3 Å². The van der Waals surface area contributed by atoms with Crippen LogP contribution in [0, 0.1) is 0 Å². The lowest BCUT2D eigenvalue weighted by Crippen LogP contribution is -2.43. The lowest BCUT2D eigenvalue weighted by atomic mass is 10.0. The molecule has 1 aromatic heterocycles. The summed E-state index contributed by atoms with van der Waals surface area (Å²) in [6, 6.07) is 16.0. The summed E-state index contributed by atoms with van der Waals surface area (Å²) in [6.45, 7) is 0.961. The summed E-state index contributed by atoms with van der Waals surface area (Å²) < 4.78 is 10.5. The second-order valence-corrected chi connectivity index (χ2v) is 7.24. The van der Waals surface area contributed by atoms with Crippen LogP contribution < -0.4 is 5.32 Å². The van der Waals surface area contributed by atoms with Crippen molar-refractivity contribution in [2.45, 2.75) is 24.6 Å². The molecule has 3 aromatic rings. The lowest BCUT2D eigenvalue weighted by Gasteiger charge is -2.16. The summed E-state index contributed by atoms with van der Waals surface area (Å²) in [5.41, 5.74) is 2.27. The average molecular weight is 412 g/mol. The molecule has 0 unspecified atom stereocenters. The Bertz CT molecular complexity index is 969. The van der Waals surface area contributed by atoms with Crippen molar-refractivity contribution in [1.29, 1.82) is 0 Å². The summed E-state index contributed by atoms with van der Waals surface area (Å²) >= 11 is 1.09. The molecule has 1 N–H and O–H groups in total. The van der Waals surface area contributed by atoms with E-state index in [0.717, 1.165) is 17.3 Å². The van der Waals surface area contributed by atoms with E-state index in [1.807, 2.05) is 48.5 Å². The van der Waals surface area contributed by atoms with Crippen LogP contribution in [0.4, 0.5) is 0 Å². The molecule has 0 bridgehead atoms. The number of hydrogen-bond acceptors (Lipinski definition) is 7. The van der Waals surface area contributed by atoms with Gasteiger partial charge in [0, 0.05) is 0 Å². The van der Waals surface area contributed by atoms with Crippen LogP contribution in [-0.4, -0.2) is 41.0 Å². The number of nitrogens with zero attached hydrogens (tertiary/aromatic N) is 1. The van der Waals surface area contributed by atoms with Crippen LogP contribution >= 0.6 is 11.8 Å². The van der Waals surface area contributed by atoms with Gasteiger partial charge in [-0.1, -0.05) is 54.2 Å². The summed E-state index contributed by atoms with van der Waals surface area (Å²) in [7, 11) is 0. The number of benzene rings is 2. The van der Waals surface area contributed by atoms with Crippen molar-refractivity contribution in [2.24, 2.45) is 0 Å². The van der Waals surface area contributed by atoms with E-state index in [0.29, 0.717) is 22.7 Å². The summed E-state index contributed by atoms with van der Waals surface area (Å²) in [6.07, 6.45) is 0.378. The Labute approximate surface area is 171 Å². The molecule has 0 spiro atoms. The fraction of sp³-hybridized carbons (Fsp3) is 0.238. The second-order valence-electron chi connectivity index (χ2n) is 6.32. The first-order valence-corrected chi connectivity index (χ1v) is 9.97. The Kier molecular flexibility index (Phi) is 7.02. The van der Waals surface area contributed by atoms with Crippen molar-refractivity contribution in [3.8, 4) is 0 Å². The molecular formula is C21H20N2O5S. The van der Waals surface area contributed by atoms with Gasteiger partial charge < -0.3 is 14.5 Å². The molecule has 1 atom stereocenters. The zero-order valence-corrected chi connectivity index (χ0v) is 16.6. The molecule has 1 amide bonds. The molecular weight excluding hydrogens is 392 g/mol. The predicted octanol–water partition coefficient (Wildman–Crippen LogP) is 2.78. The smallest absolute Gasteiger partial charge is 0.316 e. The van der Waals surface area contributed by atoms with E-state index in [9.17, 15) is 14.4 Å². The van der Waals surface area contributed by atoms with E-state index in [1.165, 1.54) is 6.92 Å². The van der Waals surface area contributed by atoms with E-state index >= 15 is 0 Å². The van der Waals surface area contributed by atoms with Gasteiger partial charge in [-0.3, -0.25) is 14.4 Å². The second kappa shape index (κ2) is 9.88. The predicted molar refractivity (Wildman–Crippen MR) is 108 cm³/mol. The highest BCUT2D eigenvalue weighted by atomic mass is 32.2. The van der Waals surface area contributed by atoms with E-state index in [1.54, 1.807) is 6.07 Å². The maximum absolute atomic E-state index is 12.1. The molecule has 150 valence electrons. The van der Waals surface area contributed by atoms with Gasteiger partial charge in [0.05, 0.1) is 6.04 Å². The van der Waals surface area contributed by atoms with Crippen LogP contribution in [0.3, 0.4) is 0 Å². The van der Waals surface area contributed by atoms with Crippen molar-refractivity contribution < 1.29 is 23.5 Å². The fourth-order valence-electron chi connectivity index (χ4n) is 2.60. The number of thioether (sulfide) groups is 1. The number of rotatable bonds is 9. The molecule has 2 aromatic carbocycles. The standard InChI is InChI=1S/C21H20N2O5S/c1-14(24)17(11-15-7-3-2-4-8-15)22-19(25)12-27-20(26)13-29-21-23-16-9-5-6-10-18(16)28-21/h2-10,17H,11-13H2,1H3,(H,22,25)/t17-/m1/s1. The number of carbonyl (C=O) groups excluding carboxylic acids is 3. The number of amides is 1. The fourth-order valence-corrected chi connectivity index (χ4v) is 3.24. The number of ether oxygens (including phenoxy) is 1. The number of aromatic nitrogens is 1. The van der Waals surface area contributed by atoms with E-state index in [2.05, 4.69) is 10.3 Å². The number of nitrogens with one attached hydrogen (secondary N) is 1. The lowest BCUT2D eigenvalue weighted by molar-refractivity contribution is -0.146. The first-order chi connectivity index (χ1) is 14.0. The number of ketones is 1. The Morgan fingerprint density at radius 2 is 1.83 bits per heavy atom. The maximum Gasteiger partial charge on any atom is 0.316 e. The number of para-hydroxylation sites is 2. The van der Waals surface area contributed by atoms with Gasteiger partial charge in [0.2, 0.25) is 0 Å². The highest BCUT2D eigenvalue weighted by Gasteiger charge is 2.19. The van der Waals surface area contributed by atoms with Gasteiger partial charge in [0.25, 0.3) is 11.1 Å². The maximum atomic E-state index is 12.1. The number of fused-ring (bicyclic) bond motifs is 1. The van der Waals surface area contributed by atoms with Crippen molar-refractivity contribution in [3.05, 3.63) is 60.2 Å². The van der Waals surface area contributed by atoms with Crippen LogP contribution in [0.15, 0.2) is 64.2 Å². The number of Topliss-reactive ketones (excluding diaryl/α,β-unsaturated/α-hetero) is 1. The van der Waals surface area contributed by atoms with E-state index in [4.69, 9.17) is 9.15 Å². The van der Waals surface area contributed by atoms with Crippen LogP contribution in [0.1, 0.15) is 12.5 Å². The molecule has 29 heavy (non-hydrogen) atoms. The molecule has 0 saturated carbocycles. The van der Waals surface area contributed by atoms with Crippen LogP contribution in [0.2, 0.25) is 0 Å². The molecule has 3 rings (SSSR count). The van der Waals surface area contributed by atoms with E-state index in [-0.39, 0.29) is 11.5 Å². The van der Waals surface area contributed by atoms with Gasteiger partial charge in [-0.15, -0.1) is 0 Å². The molecule has 8 heteroatoms. The van der Waals surface area contributed by atoms with Crippen LogP contribution in [0.25, 0.3) is 11.1 Å². The Morgan fingerprint density at radius 1 is 1.10 bits per heavy atom. The quantitative estimate of drug-likeness (QED) is 0.426. The van der Waals surface area contributed by atoms with Gasteiger partial charge >= 0.3 is 5.97 Å². The molecule has 7 nitrogen and oxygen atoms in total. The highest BCUT2D eigenvalue weighted by molar-refractivity contribution is 7.99. The van der Waals surface area contributed by atoms with Crippen molar-refractivity contribution >= 4 is 40.5 Å². The Morgan fingerprint density at radius 3 is 2.55 bits per heavy atom. The van der Waals surface area contributed by atoms with Crippen LogP contribution in [-0.2, 0) is 25.5 Å². The topological polar surface area (TPSA) is 98.5 Å². The molecule has 0 fully saturated rings. The summed E-state index contributed by atoms with van der Waals surface area (Å²) in [5, 5.41) is 2.96. The summed E-state index contributed by atoms with van der Waals surface area (Å²) in [5.74, 6) is -1.31. The van der Waals surface area contributed by atoms with E-state index < -0.39 is 24.5 Å². The number of hydrogen-bond donors (Lipinski definition) is 1. The van der Waals surface area contributed by atoms with Crippen molar-refractivity contribution in [2.75, 3.05) is 12.4 Å². The van der Waals surface area contributed by atoms with Gasteiger partial charge in [-0.2, -0.15) is 0 Å². The van der Waals surface area contributed by atoms with Gasteiger partial charge in [-0.25, -0.2) is 4.98 Å². The molecule has 0 aliphatic heterocycles. The third kappa shape index (κ3) is 6.18. The molecule has 0 aliphatic rings. The van der Waals surface area contributed by atoms with Crippen molar-refractivity contribution in [3.63, 3.8) is 0 Å². The monoisotopic (exact) mass is 412 g/mol. The van der Waals surface area contributed by atoms with Gasteiger partial charge in [0.1, 0.15) is 11.3 Å². The first kappa shape index (κ1) is 20.6. The molecule has 0 radical (unpaired) electrons. The van der Waals surface area contributed by atoms with Gasteiger partial charge in [0.15, 0.2) is 18.0 Å². The average Bonchev–Trinajstić information content (AvgIpc) is 3.14. The highest BCUT2D eigenvalue weighted by Crippen LogP contribution is 2.23. The largest absolute Gasteiger partial charge is 0.455 e. The van der Waals surface area contributed by atoms with Gasteiger partial charge in [-0.05, 0) is 31.0 Å². The minimum Gasteiger partial charge on any atom is -0.455 e. The third-order valence-corrected chi connectivity index (χ3v) is 4.86. The third-order valence-electron chi connectivity index (χ3n) is 4.06. The zero-order valence-electron chi connectivity index (χ0n) is 15.8. The molecule has 0 aliphatic carbocycles.